The van der Waals surface area contributed by atoms with Gasteiger partial charge in [-0.25, -0.2) is 4.98 Å². The van der Waals surface area contributed by atoms with Crippen LogP contribution in [0.4, 0.5) is 5.82 Å². The number of ether oxygens (including phenoxy) is 1. The lowest BCUT2D eigenvalue weighted by atomic mass is 10.0. The van der Waals surface area contributed by atoms with Gasteiger partial charge >= 0.3 is 0 Å². The molecule has 29 heavy (non-hydrogen) atoms. The summed E-state index contributed by atoms with van der Waals surface area (Å²) in [4.78, 5) is 20.6. The van der Waals surface area contributed by atoms with Crippen LogP contribution in [0, 0.1) is 0 Å². The number of aromatic nitrogens is 5. The first-order chi connectivity index (χ1) is 14.1. The number of carbonyl (C=O) groups excluding carboxylic acids is 1. The van der Waals surface area contributed by atoms with Gasteiger partial charge in [-0.15, -0.1) is 5.10 Å². The van der Waals surface area contributed by atoms with Gasteiger partial charge in [0.15, 0.2) is 17.0 Å². The molecule has 4 aromatic rings. The minimum Gasteiger partial charge on any atom is -0.486 e. The Morgan fingerprint density at radius 1 is 1.21 bits per heavy atom. The predicted octanol–water partition coefficient (Wildman–Crippen LogP) is 3.38. The van der Waals surface area contributed by atoms with Crippen LogP contribution in [0.25, 0.3) is 11.2 Å². The highest BCUT2D eigenvalue weighted by Crippen LogP contribution is 2.26. The molecule has 3 aromatic heterocycles. The zero-order chi connectivity index (χ0) is 20.2. The number of fused-ring (bicyclic) bond motifs is 1. The lowest BCUT2D eigenvalue weighted by molar-refractivity contribution is 0.0982. The highest BCUT2D eigenvalue weighted by molar-refractivity contribution is 6.31. The molecule has 0 bridgehead atoms. The monoisotopic (exact) mass is 408 g/mol. The molecular formula is C20H17ClN6O2. The second kappa shape index (κ2) is 8.24. The average molecular weight is 409 g/mol. The van der Waals surface area contributed by atoms with E-state index in [4.69, 9.17) is 22.1 Å². The van der Waals surface area contributed by atoms with Crippen molar-refractivity contribution in [2.75, 3.05) is 5.73 Å². The molecule has 0 saturated heterocycles. The number of aromatic amines is 1. The Balaban J connectivity index is 1.43. The molecule has 0 aliphatic carbocycles. The third-order valence-corrected chi connectivity index (χ3v) is 4.75. The molecule has 4 rings (SSSR count). The van der Waals surface area contributed by atoms with Gasteiger partial charge in [0.05, 0.1) is 0 Å². The first kappa shape index (κ1) is 18.8. The van der Waals surface area contributed by atoms with E-state index in [2.05, 4.69) is 25.4 Å². The molecule has 3 N–H and O–H groups in total. The first-order valence-electron chi connectivity index (χ1n) is 8.90. The number of halogens is 1. The zero-order valence-electron chi connectivity index (χ0n) is 15.3. The fourth-order valence-corrected chi connectivity index (χ4v) is 3.11. The molecule has 0 fully saturated rings. The number of pyridine rings is 2. The summed E-state index contributed by atoms with van der Waals surface area (Å²) >= 11 is 6.37. The number of hydrogen-bond donors (Lipinski definition) is 2. The SMILES string of the molecule is Nc1cc(OCc2ccc(C(=O)CCc3cccnc3)cc2Cl)c2n[nH]nc2n1. The van der Waals surface area contributed by atoms with Crippen LogP contribution in [0.3, 0.4) is 0 Å². The Labute approximate surface area is 171 Å². The van der Waals surface area contributed by atoms with E-state index >= 15 is 0 Å². The van der Waals surface area contributed by atoms with Gasteiger partial charge in [0.2, 0.25) is 5.65 Å². The molecule has 0 aliphatic heterocycles. The van der Waals surface area contributed by atoms with Crippen molar-refractivity contribution in [3.8, 4) is 5.75 Å². The Kier molecular flexibility index (Phi) is 5.35. The summed E-state index contributed by atoms with van der Waals surface area (Å²) in [6, 6.07) is 10.6. The Morgan fingerprint density at radius 3 is 2.90 bits per heavy atom. The maximum atomic E-state index is 12.5. The van der Waals surface area contributed by atoms with Crippen molar-refractivity contribution in [1.82, 2.24) is 25.4 Å². The number of nitrogens with two attached hydrogens (primary N) is 1. The van der Waals surface area contributed by atoms with Crippen molar-refractivity contribution in [1.29, 1.82) is 0 Å². The Bertz CT molecular complexity index is 1160. The van der Waals surface area contributed by atoms with E-state index in [1.807, 2.05) is 12.1 Å². The van der Waals surface area contributed by atoms with Gasteiger partial charge in [0.25, 0.3) is 0 Å². The van der Waals surface area contributed by atoms with Crippen molar-refractivity contribution in [3.63, 3.8) is 0 Å². The number of carbonyl (C=O) groups is 1. The van der Waals surface area contributed by atoms with Crippen LogP contribution in [0.15, 0.2) is 48.8 Å². The summed E-state index contributed by atoms with van der Waals surface area (Å²) in [5, 5.41) is 10.9. The first-order valence-corrected chi connectivity index (χ1v) is 9.28. The van der Waals surface area contributed by atoms with E-state index in [1.165, 1.54) is 0 Å². The summed E-state index contributed by atoms with van der Waals surface area (Å²) in [6.45, 7) is 0.189. The van der Waals surface area contributed by atoms with Crippen molar-refractivity contribution in [2.45, 2.75) is 19.4 Å². The number of nitrogen functional groups attached to an aromatic ring is 1. The molecule has 0 unspecified atom stereocenters. The Morgan fingerprint density at radius 2 is 2.10 bits per heavy atom. The third-order valence-electron chi connectivity index (χ3n) is 4.40. The van der Waals surface area contributed by atoms with Crippen molar-refractivity contribution < 1.29 is 9.53 Å². The number of benzene rings is 1. The number of Topliss-reactive ketones (excluding diaryl/α,β-unsaturated/α-hetero) is 1. The standard InChI is InChI=1S/C20H17ClN6O2/c21-15-8-13(16(28)6-3-12-2-1-7-23-10-12)4-5-14(15)11-29-17-9-18(22)24-20-19(17)25-27-26-20/h1-2,4-5,7-10H,3,6,11H2,(H3,22,24,25,26,27). The van der Waals surface area contributed by atoms with Gasteiger partial charge in [-0.05, 0) is 24.1 Å². The number of nitrogens with zero attached hydrogens (tertiary/aromatic N) is 4. The fraction of sp³-hybridized carbons (Fsp3) is 0.150. The van der Waals surface area contributed by atoms with Gasteiger partial charge in [0, 0.05) is 41.0 Å². The third kappa shape index (κ3) is 4.33. The van der Waals surface area contributed by atoms with E-state index < -0.39 is 0 Å². The van der Waals surface area contributed by atoms with E-state index in [1.54, 1.807) is 36.7 Å². The number of nitrogens with one attached hydrogen (secondary N) is 1. The molecule has 1 aromatic carbocycles. The Hall–Kier alpha value is -3.52. The average Bonchev–Trinajstić information content (AvgIpc) is 3.20. The van der Waals surface area contributed by atoms with Crippen LogP contribution in [0.5, 0.6) is 5.75 Å². The van der Waals surface area contributed by atoms with E-state index in [9.17, 15) is 4.79 Å². The van der Waals surface area contributed by atoms with Gasteiger partial charge < -0.3 is 10.5 Å². The number of ketones is 1. The van der Waals surface area contributed by atoms with Crippen LogP contribution in [0.1, 0.15) is 27.9 Å². The lowest BCUT2D eigenvalue weighted by Gasteiger charge is -2.10. The van der Waals surface area contributed by atoms with Crippen molar-refractivity contribution in [3.05, 3.63) is 70.5 Å². The highest BCUT2D eigenvalue weighted by atomic mass is 35.5. The van der Waals surface area contributed by atoms with Gasteiger partial charge in [-0.2, -0.15) is 10.3 Å². The summed E-state index contributed by atoms with van der Waals surface area (Å²) in [7, 11) is 0. The fourth-order valence-electron chi connectivity index (χ4n) is 2.88. The number of hydrogen-bond acceptors (Lipinski definition) is 7. The number of rotatable bonds is 7. The van der Waals surface area contributed by atoms with Crippen LogP contribution < -0.4 is 10.5 Å². The quantitative estimate of drug-likeness (QED) is 0.450. The second-order valence-corrected chi connectivity index (χ2v) is 6.83. The van der Waals surface area contributed by atoms with Gasteiger partial charge in [-0.1, -0.05) is 29.8 Å². The highest BCUT2D eigenvalue weighted by Gasteiger charge is 2.13. The predicted molar refractivity (Wildman–Crippen MR) is 109 cm³/mol. The molecule has 0 aliphatic rings. The topological polar surface area (TPSA) is 120 Å². The molecule has 9 heteroatoms. The molecule has 0 spiro atoms. The molecular weight excluding hydrogens is 392 g/mol. The van der Waals surface area contributed by atoms with Gasteiger partial charge in [0.1, 0.15) is 12.4 Å². The van der Waals surface area contributed by atoms with Crippen LogP contribution >= 0.6 is 11.6 Å². The van der Waals surface area contributed by atoms with E-state index in [-0.39, 0.29) is 18.2 Å². The maximum absolute atomic E-state index is 12.5. The van der Waals surface area contributed by atoms with Crippen LogP contribution in [0.2, 0.25) is 5.02 Å². The van der Waals surface area contributed by atoms with E-state index in [0.717, 1.165) is 11.1 Å². The molecule has 8 nitrogen and oxygen atoms in total. The number of anilines is 1. The molecule has 0 atom stereocenters. The van der Waals surface area contributed by atoms with Crippen molar-refractivity contribution >= 4 is 34.4 Å². The zero-order valence-corrected chi connectivity index (χ0v) is 16.1. The maximum Gasteiger partial charge on any atom is 0.207 e. The summed E-state index contributed by atoms with van der Waals surface area (Å²) in [5.74, 6) is 0.755. The molecule has 0 saturated carbocycles. The molecule has 146 valence electrons. The minimum absolute atomic E-state index is 0.0226. The van der Waals surface area contributed by atoms with Crippen molar-refractivity contribution in [2.24, 2.45) is 0 Å². The lowest BCUT2D eigenvalue weighted by Crippen LogP contribution is -2.04. The summed E-state index contributed by atoms with van der Waals surface area (Å²) < 4.78 is 5.81. The molecule has 0 amide bonds. The normalized spacial score (nSPS) is 10.9. The van der Waals surface area contributed by atoms with Crippen LogP contribution in [-0.4, -0.2) is 31.2 Å². The van der Waals surface area contributed by atoms with Crippen LogP contribution in [-0.2, 0) is 13.0 Å². The molecule has 0 radical (unpaired) electrons. The number of aryl methyl sites for hydroxylation is 1. The minimum atomic E-state index is 0.0226. The molecule has 3 heterocycles. The van der Waals surface area contributed by atoms with E-state index in [0.29, 0.717) is 40.3 Å². The summed E-state index contributed by atoms with van der Waals surface area (Å²) in [6.07, 6.45) is 4.49. The summed E-state index contributed by atoms with van der Waals surface area (Å²) in [5.41, 5.74) is 8.95. The largest absolute Gasteiger partial charge is 0.486 e. The smallest absolute Gasteiger partial charge is 0.207 e. The number of H-pyrrole nitrogens is 1. The second-order valence-electron chi connectivity index (χ2n) is 6.42. The van der Waals surface area contributed by atoms with Gasteiger partial charge in [-0.3, -0.25) is 9.78 Å².